The molecule has 11 nitrogen and oxygen atoms in total. The number of pyridine rings is 1. The van der Waals surface area contributed by atoms with E-state index in [1.165, 1.54) is 0 Å². The lowest BCUT2D eigenvalue weighted by atomic mass is 10.0. The molecule has 2 aromatic heterocycles. The second kappa shape index (κ2) is 7.74. The van der Waals surface area contributed by atoms with Gasteiger partial charge in [0.05, 0.1) is 38.1 Å². The number of para-hydroxylation sites is 1. The molecule has 2 heterocycles. The third-order valence-electron chi connectivity index (χ3n) is 5.38. The van der Waals surface area contributed by atoms with Crippen molar-refractivity contribution >= 4 is 33.1 Å². The SMILES string of the molecule is O=c1[nH]n(-c2ccccc2)c(=O)c2c1c(-c1ccccc1)nc1c([N+](=O)[O-])cc([N+](=O)[O-])cc12. The van der Waals surface area contributed by atoms with Crippen LogP contribution in [0.2, 0.25) is 0 Å². The van der Waals surface area contributed by atoms with E-state index in [9.17, 15) is 29.8 Å². The lowest BCUT2D eigenvalue weighted by molar-refractivity contribution is -0.393. The summed E-state index contributed by atoms with van der Waals surface area (Å²) < 4.78 is 1.00. The highest BCUT2D eigenvalue weighted by molar-refractivity contribution is 6.13. The van der Waals surface area contributed by atoms with Crippen molar-refractivity contribution < 1.29 is 9.85 Å². The molecule has 0 atom stereocenters. The van der Waals surface area contributed by atoms with Crippen molar-refractivity contribution in [1.82, 2.24) is 14.8 Å². The summed E-state index contributed by atoms with van der Waals surface area (Å²) in [6.45, 7) is 0. The van der Waals surface area contributed by atoms with Crippen LogP contribution < -0.4 is 11.1 Å². The van der Waals surface area contributed by atoms with E-state index >= 15 is 0 Å². The van der Waals surface area contributed by atoms with Crippen LogP contribution in [0.15, 0.2) is 82.4 Å². The Kier molecular flexibility index (Phi) is 4.71. The molecule has 0 fully saturated rings. The van der Waals surface area contributed by atoms with E-state index in [0.717, 1.165) is 16.8 Å². The summed E-state index contributed by atoms with van der Waals surface area (Å²) in [5, 5.41) is 25.3. The summed E-state index contributed by atoms with van der Waals surface area (Å²) in [6, 6.07) is 18.5. The number of nitro groups is 2. The third-order valence-corrected chi connectivity index (χ3v) is 5.38. The van der Waals surface area contributed by atoms with Gasteiger partial charge in [0.25, 0.3) is 16.8 Å². The Labute approximate surface area is 188 Å². The first kappa shape index (κ1) is 20.7. The topological polar surface area (TPSA) is 154 Å². The van der Waals surface area contributed by atoms with Crippen molar-refractivity contribution in [2.45, 2.75) is 0 Å². The number of fused-ring (bicyclic) bond motifs is 3. The molecular weight excluding hydrogens is 442 g/mol. The normalized spacial score (nSPS) is 11.1. The standard InChI is InChI=1S/C23H13N5O6/c29-22-19-18(23(30)26(25-22)14-9-5-2-6-10-14)16-11-15(27(31)32)12-17(28(33)34)21(16)24-20(19)13-7-3-1-4-8-13/h1-12H,(H,25,29). The molecule has 0 saturated heterocycles. The van der Waals surface area contributed by atoms with Gasteiger partial charge in [0.15, 0.2) is 0 Å². The van der Waals surface area contributed by atoms with E-state index < -0.39 is 32.3 Å². The minimum Gasteiger partial charge on any atom is -0.267 e. The summed E-state index contributed by atoms with van der Waals surface area (Å²) >= 11 is 0. The molecule has 34 heavy (non-hydrogen) atoms. The molecular formula is C23H13N5O6. The van der Waals surface area contributed by atoms with E-state index in [-0.39, 0.29) is 27.4 Å². The van der Waals surface area contributed by atoms with Crippen LogP contribution in [-0.4, -0.2) is 24.6 Å². The van der Waals surface area contributed by atoms with Crippen LogP contribution in [0, 0.1) is 20.2 Å². The van der Waals surface area contributed by atoms with Crippen molar-refractivity contribution in [3.8, 4) is 16.9 Å². The second-order valence-electron chi connectivity index (χ2n) is 7.37. The van der Waals surface area contributed by atoms with Crippen LogP contribution in [0.5, 0.6) is 0 Å². The van der Waals surface area contributed by atoms with Crippen molar-refractivity contribution in [3.63, 3.8) is 0 Å². The summed E-state index contributed by atoms with van der Waals surface area (Å²) in [5.74, 6) is 0. The second-order valence-corrected chi connectivity index (χ2v) is 7.37. The molecule has 166 valence electrons. The first-order valence-corrected chi connectivity index (χ1v) is 9.93. The zero-order valence-corrected chi connectivity index (χ0v) is 17.2. The van der Waals surface area contributed by atoms with Gasteiger partial charge < -0.3 is 0 Å². The van der Waals surface area contributed by atoms with Gasteiger partial charge in [-0.1, -0.05) is 48.5 Å². The van der Waals surface area contributed by atoms with Gasteiger partial charge in [0.2, 0.25) is 0 Å². The molecule has 0 amide bonds. The number of hydrogen-bond acceptors (Lipinski definition) is 7. The number of aromatic amines is 1. The number of benzene rings is 3. The van der Waals surface area contributed by atoms with Crippen LogP contribution in [0.25, 0.3) is 38.6 Å². The van der Waals surface area contributed by atoms with Gasteiger partial charge in [-0.25, -0.2) is 9.67 Å². The predicted octanol–water partition coefficient (Wildman–Crippen LogP) is 3.71. The Morgan fingerprint density at radius 2 is 1.47 bits per heavy atom. The molecule has 11 heteroatoms. The summed E-state index contributed by atoms with van der Waals surface area (Å²) in [5.41, 5.74) is -2.01. The molecule has 0 unspecified atom stereocenters. The fraction of sp³-hybridized carbons (Fsp3) is 0. The third kappa shape index (κ3) is 3.19. The minimum absolute atomic E-state index is 0.0543. The number of nitro benzene ring substituents is 2. The maximum atomic E-state index is 13.7. The maximum Gasteiger partial charge on any atom is 0.302 e. The molecule has 5 rings (SSSR count). The Morgan fingerprint density at radius 3 is 2.09 bits per heavy atom. The molecule has 0 aliphatic heterocycles. The van der Waals surface area contributed by atoms with Crippen molar-refractivity contribution in [3.05, 3.63) is 114 Å². The van der Waals surface area contributed by atoms with Crippen LogP contribution in [0.4, 0.5) is 11.4 Å². The quantitative estimate of drug-likeness (QED) is 0.246. The van der Waals surface area contributed by atoms with E-state index in [0.29, 0.717) is 11.3 Å². The van der Waals surface area contributed by atoms with E-state index in [1.54, 1.807) is 60.7 Å². The molecule has 1 N–H and O–H groups in total. The van der Waals surface area contributed by atoms with Gasteiger partial charge in [0, 0.05) is 17.0 Å². The van der Waals surface area contributed by atoms with Crippen LogP contribution in [-0.2, 0) is 0 Å². The van der Waals surface area contributed by atoms with Gasteiger partial charge >= 0.3 is 5.69 Å². The van der Waals surface area contributed by atoms with Crippen LogP contribution in [0.3, 0.4) is 0 Å². The fourth-order valence-electron chi connectivity index (χ4n) is 3.90. The number of non-ortho nitro benzene ring substituents is 2. The fourth-order valence-corrected chi connectivity index (χ4v) is 3.90. The van der Waals surface area contributed by atoms with Crippen molar-refractivity contribution in [2.24, 2.45) is 0 Å². The minimum atomic E-state index is -0.800. The number of nitrogens with one attached hydrogen (secondary N) is 1. The van der Waals surface area contributed by atoms with Gasteiger partial charge in [-0.3, -0.25) is 34.9 Å². The average molecular weight is 455 g/mol. The molecule has 0 aliphatic rings. The molecule has 3 aromatic carbocycles. The first-order chi connectivity index (χ1) is 16.4. The smallest absolute Gasteiger partial charge is 0.267 e. The zero-order chi connectivity index (χ0) is 24.0. The predicted molar refractivity (Wildman–Crippen MR) is 124 cm³/mol. The van der Waals surface area contributed by atoms with E-state index in [4.69, 9.17) is 0 Å². The van der Waals surface area contributed by atoms with Gasteiger partial charge in [-0.15, -0.1) is 0 Å². The Bertz CT molecular complexity index is 1740. The molecule has 0 saturated carbocycles. The van der Waals surface area contributed by atoms with Gasteiger partial charge in [-0.2, -0.15) is 0 Å². The van der Waals surface area contributed by atoms with Crippen molar-refractivity contribution in [2.75, 3.05) is 0 Å². The Balaban J connectivity index is 2.08. The van der Waals surface area contributed by atoms with Gasteiger partial charge in [-0.05, 0) is 12.1 Å². The molecule has 0 bridgehead atoms. The molecule has 5 aromatic rings. The van der Waals surface area contributed by atoms with Crippen LogP contribution >= 0.6 is 0 Å². The zero-order valence-electron chi connectivity index (χ0n) is 17.2. The van der Waals surface area contributed by atoms with Gasteiger partial charge in [0.1, 0.15) is 5.52 Å². The number of rotatable bonds is 4. The van der Waals surface area contributed by atoms with Crippen molar-refractivity contribution in [1.29, 1.82) is 0 Å². The highest BCUT2D eigenvalue weighted by Gasteiger charge is 2.26. The number of H-pyrrole nitrogens is 1. The van der Waals surface area contributed by atoms with E-state index in [1.807, 2.05) is 0 Å². The molecule has 0 radical (unpaired) electrons. The first-order valence-electron chi connectivity index (χ1n) is 9.93. The van der Waals surface area contributed by atoms with E-state index in [2.05, 4.69) is 10.1 Å². The monoisotopic (exact) mass is 455 g/mol. The average Bonchev–Trinajstić information content (AvgIpc) is 2.85. The Morgan fingerprint density at radius 1 is 0.824 bits per heavy atom. The summed E-state index contributed by atoms with van der Waals surface area (Å²) in [6.07, 6.45) is 0. The lowest BCUT2D eigenvalue weighted by Crippen LogP contribution is -2.29. The maximum absolute atomic E-state index is 13.7. The molecule has 0 aliphatic carbocycles. The number of nitrogens with zero attached hydrogens (tertiary/aromatic N) is 4. The summed E-state index contributed by atoms with van der Waals surface area (Å²) in [7, 11) is 0. The Hall–Kier alpha value is -5.19. The largest absolute Gasteiger partial charge is 0.302 e. The van der Waals surface area contributed by atoms with Crippen LogP contribution in [0.1, 0.15) is 0 Å². The lowest BCUT2D eigenvalue weighted by Gasteiger charge is -2.12. The number of hydrogen-bond donors (Lipinski definition) is 1. The molecule has 0 spiro atoms. The highest BCUT2D eigenvalue weighted by Crippen LogP contribution is 2.36. The number of aromatic nitrogens is 3. The summed E-state index contributed by atoms with van der Waals surface area (Å²) in [4.78, 5) is 53.0. The highest BCUT2D eigenvalue weighted by atomic mass is 16.6.